The van der Waals surface area contributed by atoms with Gasteiger partial charge in [-0.05, 0) is 31.4 Å². The molecule has 6 rings (SSSR count). The van der Waals surface area contributed by atoms with Crippen molar-refractivity contribution < 1.29 is 0 Å². The summed E-state index contributed by atoms with van der Waals surface area (Å²) in [5, 5.41) is 13.5. The summed E-state index contributed by atoms with van der Waals surface area (Å²) < 4.78 is 3.15. The molecule has 0 radical (unpaired) electrons. The monoisotopic (exact) mass is 458 g/mol. The normalized spacial score (nSPS) is 23.0. The summed E-state index contributed by atoms with van der Waals surface area (Å²) in [5.41, 5.74) is 8.27. The second kappa shape index (κ2) is 6.44. The van der Waals surface area contributed by atoms with Gasteiger partial charge in [-0.2, -0.15) is 15.2 Å². The Morgan fingerprint density at radius 1 is 1.19 bits per heavy atom. The second-order valence-corrected chi connectivity index (χ2v) is 9.15. The average molecular weight is 459 g/mol. The molecule has 2 aliphatic rings. The fourth-order valence-corrected chi connectivity index (χ4v) is 5.83. The lowest BCUT2D eigenvalue weighted by molar-refractivity contribution is 0.503. The van der Waals surface area contributed by atoms with Crippen LogP contribution in [0, 0.1) is 0 Å². The van der Waals surface area contributed by atoms with E-state index in [1.54, 1.807) is 29.4 Å². The van der Waals surface area contributed by atoms with E-state index in [1.165, 1.54) is 0 Å². The molecule has 0 saturated carbocycles. The van der Waals surface area contributed by atoms with Gasteiger partial charge in [0.25, 0.3) is 5.56 Å². The molecule has 31 heavy (non-hydrogen) atoms. The Labute approximate surface area is 186 Å². The zero-order chi connectivity index (χ0) is 21.6. The van der Waals surface area contributed by atoms with Gasteiger partial charge in [-0.3, -0.25) is 19.1 Å². The first-order valence-corrected chi connectivity index (χ1v) is 10.9. The molecular weight excluding hydrogens is 439 g/mol. The van der Waals surface area contributed by atoms with Crippen molar-refractivity contribution in [3.05, 3.63) is 32.7 Å². The second-order valence-electron chi connectivity index (χ2n) is 8.41. The van der Waals surface area contributed by atoms with Crippen LogP contribution in [-0.4, -0.2) is 47.7 Å². The Morgan fingerprint density at radius 3 is 2.71 bits per heavy atom. The third-order valence-electron chi connectivity index (χ3n) is 6.72. The molecule has 3 N–H and O–H groups in total. The number of H-pyrrole nitrogens is 1. The van der Waals surface area contributed by atoms with E-state index in [0.717, 1.165) is 19.3 Å². The summed E-state index contributed by atoms with van der Waals surface area (Å²) >= 11 is 13.1. The van der Waals surface area contributed by atoms with Gasteiger partial charge in [0.05, 0.1) is 15.9 Å². The lowest BCUT2D eigenvalue weighted by atomic mass is 9.97. The van der Waals surface area contributed by atoms with Gasteiger partial charge in [0.1, 0.15) is 16.2 Å². The fraction of sp³-hybridized carbons (Fsp3) is 0.400. The molecule has 2 bridgehead atoms. The first-order chi connectivity index (χ1) is 14.9. The molecular formula is C20H20Cl2N8O. The van der Waals surface area contributed by atoms with Crippen molar-refractivity contribution in [2.24, 2.45) is 19.8 Å². The van der Waals surface area contributed by atoms with E-state index >= 15 is 0 Å². The number of nitrogens with zero attached hydrogens (tertiary/aromatic N) is 6. The van der Waals surface area contributed by atoms with Crippen molar-refractivity contribution >= 4 is 51.1 Å². The first kappa shape index (κ1) is 19.1. The van der Waals surface area contributed by atoms with Crippen LogP contribution in [0.3, 0.4) is 0 Å². The molecule has 2 saturated heterocycles. The van der Waals surface area contributed by atoms with Crippen LogP contribution in [0.2, 0.25) is 10.2 Å². The predicted molar refractivity (Wildman–Crippen MR) is 121 cm³/mol. The Kier molecular flexibility index (Phi) is 3.97. The van der Waals surface area contributed by atoms with Crippen LogP contribution >= 0.6 is 23.2 Å². The van der Waals surface area contributed by atoms with Gasteiger partial charge in [-0.25, -0.2) is 0 Å². The highest BCUT2D eigenvalue weighted by atomic mass is 35.5. The Bertz CT molecular complexity index is 1440. The smallest absolute Gasteiger partial charge is 0.266 e. The number of hydrogen-bond donors (Lipinski definition) is 2. The molecule has 1 aromatic carbocycles. The van der Waals surface area contributed by atoms with Crippen molar-refractivity contribution in [2.45, 2.75) is 37.4 Å². The fourth-order valence-electron chi connectivity index (χ4n) is 5.22. The van der Waals surface area contributed by atoms with E-state index in [2.05, 4.69) is 20.2 Å². The zero-order valence-corrected chi connectivity index (χ0v) is 18.4. The SMILES string of the molecule is Cn1nc2ccc(-c3n[nH]c4nc(N5C6CC[C@@H]5[C@H](N)C6)n(C)c(=O)c34)c(Cl)c2c1Cl. The van der Waals surface area contributed by atoms with Gasteiger partial charge in [0.2, 0.25) is 5.95 Å². The number of fused-ring (bicyclic) bond motifs is 4. The molecule has 9 nitrogen and oxygen atoms in total. The maximum atomic E-state index is 13.4. The number of benzene rings is 1. The van der Waals surface area contributed by atoms with Gasteiger partial charge in [-0.15, -0.1) is 0 Å². The summed E-state index contributed by atoms with van der Waals surface area (Å²) in [6.07, 6.45) is 3.02. The van der Waals surface area contributed by atoms with E-state index in [9.17, 15) is 4.79 Å². The van der Waals surface area contributed by atoms with Crippen molar-refractivity contribution in [2.75, 3.05) is 4.90 Å². The molecule has 0 spiro atoms. The van der Waals surface area contributed by atoms with Crippen LogP contribution in [0.4, 0.5) is 5.95 Å². The highest BCUT2D eigenvalue weighted by Crippen LogP contribution is 2.41. The van der Waals surface area contributed by atoms with Crippen molar-refractivity contribution in [1.29, 1.82) is 0 Å². The Hall–Kier alpha value is -2.62. The number of aryl methyl sites for hydroxylation is 1. The third-order valence-corrected chi connectivity index (χ3v) is 7.54. The van der Waals surface area contributed by atoms with E-state index in [0.29, 0.717) is 55.4 Å². The van der Waals surface area contributed by atoms with Crippen LogP contribution in [0.25, 0.3) is 33.2 Å². The summed E-state index contributed by atoms with van der Waals surface area (Å²) in [4.78, 5) is 20.4. The standard InChI is InChI=1S/C20H20Cl2N8O/c1-28-19(31)14-16(9-4-5-11-13(15(9)21)17(22)29(2)27-11)25-26-18(14)24-20(28)30-8-3-6-12(30)10(23)7-8/h4-5,8,10,12H,3,6-7,23H2,1-2H3,(H,25,26)/t8?,10-,12-/m1/s1. The largest absolute Gasteiger partial charge is 0.335 e. The molecule has 3 aromatic heterocycles. The quantitative estimate of drug-likeness (QED) is 0.477. The molecule has 0 amide bonds. The number of rotatable bonds is 2. The minimum absolute atomic E-state index is 0.110. The molecule has 4 aromatic rings. The first-order valence-electron chi connectivity index (χ1n) is 10.2. The molecule has 5 heterocycles. The molecule has 3 atom stereocenters. The van der Waals surface area contributed by atoms with Crippen molar-refractivity contribution in [3.63, 3.8) is 0 Å². The third kappa shape index (κ3) is 2.48. The van der Waals surface area contributed by atoms with E-state index in [-0.39, 0.29) is 17.6 Å². The maximum Gasteiger partial charge on any atom is 0.266 e. The molecule has 1 unspecified atom stereocenters. The van der Waals surface area contributed by atoms with Crippen LogP contribution in [0.15, 0.2) is 16.9 Å². The van der Waals surface area contributed by atoms with Crippen LogP contribution in [0.5, 0.6) is 0 Å². The van der Waals surface area contributed by atoms with E-state index < -0.39 is 0 Å². The lowest BCUT2D eigenvalue weighted by Gasteiger charge is -2.25. The maximum absolute atomic E-state index is 13.4. The number of anilines is 1. The van der Waals surface area contributed by atoms with Crippen molar-refractivity contribution in [3.8, 4) is 11.3 Å². The summed E-state index contributed by atoms with van der Waals surface area (Å²) in [6, 6.07) is 4.27. The minimum atomic E-state index is -0.183. The summed E-state index contributed by atoms with van der Waals surface area (Å²) in [5.74, 6) is 0.630. The van der Waals surface area contributed by atoms with Crippen molar-refractivity contribution in [1.82, 2.24) is 29.5 Å². The number of nitrogens with two attached hydrogens (primary N) is 1. The van der Waals surface area contributed by atoms with Gasteiger partial charge < -0.3 is 10.6 Å². The molecule has 2 fully saturated rings. The predicted octanol–water partition coefficient (Wildman–Crippen LogP) is 2.59. The van der Waals surface area contributed by atoms with Gasteiger partial charge in [0, 0.05) is 37.8 Å². The Morgan fingerprint density at radius 2 is 2.00 bits per heavy atom. The molecule has 11 heteroatoms. The summed E-state index contributed by atoms with van der Waals surface area (Å²) in [7, 11) is 3.49. The number of hydrogen-bond acceptors (Lipinski definition) is 6. The highest BCUT2D eigenvalue weighted by Gasteiger charge is 2.46. The van der Waals surface area contributed by atoms with Gasteiger partial charge in [0.15, 0.2) is 5.65 Å². The van der Waals surface area contributed by atoms with Gasteiger partial charge in [-0.1, -0.05) is 23.2 Å². The molecule has 160 valence electrons. The van der Waals surface area contributed by atoms with Crippen LogP contribution in [0.1, 0.15) is 19.3 Å². The topological polar surface area (TPSA) is 111 Å². The van der Waals surface area contributed by atoms with Crippen LogP contribution < -0.4 is 16.2 Å². The number of aromatic nitrogens is 6. The number of nitrogens with one attached hydrogen (secondary N) is 1. The highest BCUT2D eigenvalue weighted by molar-refractivity contribution is 6.43. The molecule has 0 aliphatic carbocycles. The van der Waals surface area contributed by atoms with Gasteiger partial charge >= 0.3 is 0 Å². The Balaban J connectivity index is 1.55. The zero-order valence-electron chi connectivity index (χ0n) is 16.9. The number of halogens is 2. The lowest BCUT2D eigenvalue weighted by Crippen LogP contribution is -2.40. The number of aromatic amines is 1. The van der Waals surface area contributed by atoms with E-state index in [1.807, 2.05) is 6.07 Å². The van der Waals surface area contributed by atoms with Crippen LogP contribution in [-0.2, 0) is 14.1 Å². The minimum Gasteiger partial charge on any atom is -0.335 e. The average Bonchev–Trinajstić information content (AvgIpc) is 3.48. The summed E-state index contributed by atoms with van der Waals surface area (Å²) in [6.45, 7) is 0. The molecule has 2 aliphatic heterocycles. The van der Waals surface area contributed by atoms with E-state index in [4.69, 9.17) is 33.9 Å².